The van der Waals surface area contributed by atoms with Gasteiger partial charge in [-0.3, -0.25) is 29.4 Å². The molecule has 0 atom stereocenters. The second kappa shape index (κ2) is 7.27. The SMILES string of the molecule is O=C(CCN1C(=O)c2cccc([N+](=O)[O-])c2C1=O)Nc1cccc(C(=O)O)c1. The van der Waals surface area contributed by atoms with Gasteiger partial charge < -0.3 is 10.4 Å². The summed E-state index contributed by atoms with van der Waals surface area (Å²) >= 11 is 0. The Kier molecular flexibility index (Phi) is 4.86. The van der Waals surface area contributed by atoms with Gasteiger partial charge in [-0.2, -0.15) is 0 Å². The van der Waals surface area contributed by atoms with Crippen molar-refractivity contribution in [1.82, 2.24) is 4.90 Å². The highest BCUT2D eigenvalue weighted by Crippen LogP contribution is 2.30. The van der Waals surface area contributed by atoms with Gasteiger partial charge in [0.2, 0.25) is 5.91 Å². The molecule has 3 rings (SSSR count). The lowest BCUT2D eigenvalue weighted by atomic mass is 10.1. The van der Waals surface area contributed by atoms with E-state index in [1.165, 1.54) is 36.4 Å². The number of nitro groups is 1. The van der Waals surface area contributed by atoms with Gasteiger partial charge >= 0.3 is 5.97 Å². The Balaban J connectivity index is 1.69. The summed E-state index contributed by atoms with van der Waals surface area (Å²) in [5.41, 5.74) is -0.581. The average molecular weight is 383 g/mol. The third kappa shape index (κ3) is 3.43. The first-order chi connectivity index (χ1) is 13.3. The summed E-state index contributed by atoms with van der Waals surface area (Å²) in [5, 5.41) is 22.5. The first-order valence-electron chi connectivity index (χ1n) is 8.06. The molecule has 0 fully saturated rings. The number of nitro benzene ring substituents is 1. The zero-order valence-electron chi connectivity index (χ0n) is 14.2. The molecule has 28 heavy (non-hydrogen) atoms. The number of nitrogens with one attached hydrogen (secondary N) is 1. The number of rotatable bonds is 6. The van der Waals surface area contributed by atoms with Gasteiger partial charge in [-0.15, -0.1) is 0 Å². The van der Waals surface area contributed by atoms with Crippen molar-refractivity contribution < 1.29 is 29.2 Å². The molecular weight excluding hydrogens is 370 g/mol. The molecule has 0 aliphatic carbocycles. The number of fused-ring (bicyclic) bond motifs is 1. The van der Waals surface area contributed by atoms with Crippen LogP contribution in [0.3, 0.4) is 0 Å². The Morgan fingerprint density at radius 2 is 1.82 bits per heavy atom. The number of carboxylic acids is 1. The van der Waals surface area contributed by atoms with Crippen molar-refractivity contribution in [1.29, 1.82) is 0 Å². The molecule has 1 aliphatic rings. The van der Waals surface area contributed by atoms with E-state index in [1.807, 2.05) is 0 Å². The number of carbonyl (C=O) groups is 4. The Hall–Kier alpha value is -4.08. The van der Waals surface area contributed by atoms with Crippen molar-refractivity contribution in [2.24, 2.45) is 0 Å². The maximum atomic E-state index is 12.4. The third-order valence-corrected chi connectivity index (χ3v) is 4.13. The second-order valence-electron chi connectivity index (χ2n) is 5.90. The maximum Gasteiger partial charge on any atom is 0.335 e. The Morgan fingerprint density at radius 1 is 1.11 bits per heavy atom. The highest BCUT2D eigenvalue weighted by Gasteiger charge is 2.40. The van der Waals surface area contributed by atoms with E-state index in [0.29, 0.717) is 0 Å². The number of hydrogen-bond donors (Lipinski definition) is 2. The summed E-state index contributed by atoms with van der Waals surface area (Å²) in [7, 11) is 0. The molecular formula is C18H13N3O7. The van der Waals surface area contributed by atoms with E-state index in [-0.39, 0.29) is 35.3 Å². The maximum absolute atomic E-state index is 12.4. The van der Waals surface area contributed by atoms with E-state index >= 15 is 0 Å². The Bertz CT molecular complexity index is 1030. The lowest BCUT2D eigenvalue weighted by molar-refractivity contribution is -0.385. The van der Waals surface area contributed by atoms with Crippen LogP contribution in [0.25, 0.3) is 0 Å². The van der Waals surface area contributed by atoms with Crippen LogP contribution in [0.2, 0.25) is 0 Å². The molecule has 10 heteroatoms. The Morgan fingerprint density at radius 3 is 2.50 bits per heavy atom. The number of carbonyl (C=O) groups excluding carboxylic acids is 3. The molecule has 0 bridgehead atoms. The van der Waals surface area contributed by atoms with Gasteiger partial charge in [0.05, 0.1) is 16.1 Å². The van der Waals surface area contributed by atoms with Crippen LogP contribution in [0.1, 0.15) is 37.5 Å². The van der Waals surface area contributed by atoms with Gasteiger partial charge in [-0.25, -0.2) is 4.79 Å². The molecule has 1 aliphatic heterocycles. The Labute approximate surface area is 157 Å². The predicted molar refractivity (Wildman–Crippen MR) is 95.1 cm³/mol. The van der Waals surface area contributed by atoms with Crippen molar-refractivity contribution in [3.63, 3.8) is 0 Å². The number of anilines is 1. The fraction of sp³-hybridized carbons (Fsp3) is 0.111. The lowest BCUT2D eigenvalue weighted by Crippen LogP contribution is -2.33. The van der Waals surface area contributed by atoms with Crippen molar-refractivity contribution in [3.05, 3.63) is 69.3 Å². The van der Waals surface area contributed by atoms with E-state index in [0.717, 1.165) is 11.0 Å². The summed E-state index contributed by atoms with van der Waals surface area (Å²) in [6, 6.07) is 9.36. The number of imide groups is 1. The zero-order chi connectivity index (χ0) is 20.4. The van der Waals surface area contributed by atoms with E-state index in [2.05, 4.69) is 5.32 Å². The van der Waals surface area contributed by atoms with E-state index in [4.69, 9.17) is 5.11 Å². The number of nitrogens with zero attached hydrogens (tertiary/aromatic N) is 2. The summed E-state index contributed by atoms with van der Waals surface area (Å²) in [4.78, 5) is 59.0. The van der Waals surface area contributed by atoms with Gasteiger partial charge in [-0.05, 0) is 24.3 Å². The number of carboxylic acid groups (broad SMARTS) is 1. The van der Waals surface area contributed by atoms with E-state index in [9.17, 15) is 29.3 Å². The van der Waals surface area contributed by atoms with Gasteiger partial charge in [0.15, 0.2) is 0 Å². The fourth-order valence-corrected chi connectivity index (χ4v) is 2.84. The number of amides is 3. The highest BCUT2D eigenvalue weighted by molar-refractivity contribution is 6.23. The molecule has 0 aromatic heterocycles. The largest absolute Gasteiger partial charge is 0.478 e. The van der Waals surface area contributed by atoms with Gasteiger partial charge in [0.1, 0.15) is 5.56 Å². The summed E-state index contributed by atoms with van der Waals surface area (Å²) in [6.45, 7) is -0.270. The normalized spacial score (nSPS) is 12.6. The molecule has 2 N–H and O–H groups in total. The topological polar surface area (TPSA) is 147 Å². The standard InChI is InChI=1S/C18H13N3O7/c22-14(19-11-4-1-3-10(9-11)18(25)26)7-8-20-16(23)12-5-2-6-13(21(27)28)15(12)17(20)24/h1-6,9H,7-8H2,(H,19,22)(H,25,26). The fourth-order valence-electron chi connectivity index (χ4n) is 2.84. The molecule has 0 unspecified atom stereocenters. The zero-order valence-corrected chi connectivity index (χ0v) is 14.2. The van der Waals surface area contributed by atoms with Gasteiger partial charge in [0.25, 0.3) is 17.5 Å². The van der Waals surface area contributed by atoms with Crippen LogP contribution in [-0.4, -0.2) is 45.2 Å². The minimum atomic E-state index is -1.15. The van der Waals surface area contributed by atoms with Crippen molar-refractivity contribution >= 4 is 35.1 Å². The lowest BCUT2D eigenvalue weighted by Gasteiger charge is -2.13. The minimum Gasteiger partial charge on any atom is -0.478 e. The summed E-state index contributed by atoms with van der Waals surface area (Å²) < 4.78 is 0. The molecule has 10 nitrogen and oxygen atoms in total. The van der Waals surface area contributed by atoms with Crippen LogP contribution in [0.15, 0.2) is 42.5 Å². The van der Waals surface area contributed by atoms with E-state index < -0.39 is 34.3 Å². The molecule has 1 heterocycles. The molecule has 0 radical (unpaired) electrons. The van der Waals surface area contributed by atoms with Crippen LogP contribution in [0, 0.1) is 10.1 Å². The van der Waals surface area contributed by atoms with Gasteiger partial charge in [-0.1, -0.05) is 12.1 Å². The number of aromatic carboxylic acids is 1. The molecule has 142 valence electrons. The minimum absolute atomic E-state index is 0.00884. The third-order valence-electron chi connectivity index (χ3n) is 4.13. The quantitative estimate of drug-likeness (QED) is 0.440. The molecule has 0 saturated carbocycles. The number of benzene rings is 2. The van der Waals surface area contributed by atoms with Crippen LogP contribution in [0.5, 0.6) is 0 Å². The van der Waals surface area contributed by atoms with Crippen molar-refractivity contribution in [2.75, 3.05) is 11.9 Å². The molecule has 3 amide bonds. The molecule has 2 aromatic carbocycles. The molecule has 0 spiro atoms. The smallest absolute Gasteiger partial charge is 0.335 e. The molecule has 2 aromatic rings. The first kappa shape index (κ1) is 18.7. The van der Waals surface area contributed by atoms with Crippen molar-refractivity contribution in [2.45, 2.75) is 6.42 Å². The van der Waals surface area contributed by atoms with Crippen LogP contribution < -0.4 is 5.32 Å². The van der Waals surface area contributed by atoms with Crippen molar-refractivity contribution in [3.8, 4) is 0 Å². The highest BCUT2D eigenvalue weighted by atomic mass is 16.6. The summed E-state index contributed by atoms with van der Waals surface area (Å²) in [6.07, 6.45) is -0.253. The van der Waals surface area contributed by atoms with Crippen LogP contribution in [0.4, 0.5) is 11.4 Å². The van der Waals surface area contributed by atoms with E-state index in [1.54, 1.807) is 0 Å². The molecule has 0 saturated heterocycles. The second-order valence-corrected chi connectivity index (χ2v) is 5.90. The average Bonchev–Trinajstić information content (AvgIpc) is 2.90. The van der Waals surface area contributed by atoms with Crippen LogP contribution in [-0.2, 0) is 4.79 Å². The monoisotopic (exact) mass is 383 g/mol. The van der Waals surface area contributed by atoms with Gasteiger partial charge in [0, 0.05) is 24.7 Å². The summed E-state index contributed by atoms with van der Waals surface area (Å²) in [5.74, 6) is -3.23. The predicted octanol–water partition coefficient (Wildman–Crippen LogP) is 1.92. The number of hydrogen-bond acceptors (Lipinski definition) is 6. The first-order valence-corrected chi connectivity index (χ1v) is 8.06. The van der Waals surface area contributed by atoms with Crippen LogP contribution >= 0.6 is 0 Å².